The topological polar surface area (TPSA) is 60.2 Å². The first-order valence-electron chi connectivity index (χ1n) is 9.44. The second-order valence-electron chi connectivity index (χ2n) is 7.53. The lowest BCUT2D eigenvalue weighted by Gasteiger charge is -2.47. The number of benzene rings is 1. The summed E-state index contributed by atoms with van der Waals surface area (Å²) in [6, 6.07) is 7.30. The third-order valence-electron chi connectivity index (χ3n) is 5.99. The van der Waals surface area contributed by atoms with Crippen molar-refractivity contribution in [3.63, 3.8) is 0 Å². The monoisotopic (exact) mass is 340 g/mol. The van der Waals surface area contributed by atoms with Crippen LogP contribution in [0.3, 0.4) is 0 Å². The van der Waals surface area contributed by atoms with Crippen molar-refractivity contribution in [1.82, 2.24) is 20.5 Å². The zero-order valence-electron chi connectivity index (χ0n) is 15.4. The number of aromatic nitrogens is 1. The second kappa shape index (κ2) is 6.37. The van der Waals surface area contributed by atoms with E-state index in [0.717, 1.165) is 32.4 Å². The van der Waals surface area contributed by atoms with Crippen molar-refractivity contribution in [2.75, 3.05) is 20.1 Å². The maximum absolute atomic E-state index is 11.9. The van der Waals surface area contributed by atoms with Crippen LogP contribution in [0.2, 0.25) is 0 Å². The Labute approximate surface area is 149 Å². The number of H-pyrrole nitrogens is 1. The van der Waals surface area contributed by atoms with Gasteiger partial charge in [0.25, 0.3) is 0 Å². The summed E-state index contributed by atoms with van der Waals surface area (Å²) in [4.78, 5) is 18.0. The molecule has 3 N–H and O–H groups in total. The summed E-state index contributed by atoms with van der Waals surface area (Å²) in [7, 11) is 1.68. The summed E-state index contributed by atoms with van der Waals surface area (Å²) in [5.41, 5.74) is 5.51. The lowest BCUT2D eigenvalue weighted by atomic mass is 9.73. The summed E-state index contributed by atoms with van der Waals surface area (Å²) in [5, 5.41) is 7.28. The molecule has 1 fully saturated rings. The number of piperidine rings is 1. The van der Waals surface area contributed by atoms with E-state index in [2.05, 4.69) is 52.6 Å². The Morgan fingerprint density at radius 1 is 1.40 bits per heavy atom. The fraction of sp³-hybridized carbons (Fsp3) is 0.550. The summed E-state index contributed by atoms with van der Waals surface area (Å²) in [6.45, 7) is 6.46. The SMILES string of the molecule is CCCN1C[C@@H](NC(=O)NC)CC2c3cccc4[nH]c(C)c(c34)C[C@H]21. The van der Waals surface area contributed by atoms with Crippen molar-refractivity contribution in [1.29, 1.82) is 0 Å². The molecule has 4 rings (SSSR count). The van der Waals surface area contributed by atoms with Gasteiger partial charge in [0.15, 0.2) is 0 Å². The van der Waals surface area contributed by atoms with Gasteiger partial charge in [-0.3, -0.25) is 4.90 Å². The summed E-state index contributed by atoms with van der Waals surface area (Å²) in [5.74, 6) is 0.480. The molecule has 2 aliphatic rings. The second-order valence-corrected chi connectivity index (χ2v) is 7.53. The molecule has 1 aromatic carbocycles. The van der Waals surface area contributed by atoms with E-state index < -0.39 is 0 Å². The number of fused-ring (bicyclic) bond motifs is 2. The van der Waals surface area contributed by atoms with E-state index in [1.54, 1.807) is 7.05 Å². The van der Waals surface area contributed by atoms with Crippen molar-refractivity contribution < 1.29 is 4.79 Å². The molecule has 0 spiro atoms. The van der Waals surface area contributed by atoms with Crippen LogP contribution in [0, 0.1) is 6.92 Å². The molecule has 0 radical (unpaired) electrons. The zero-order valence-corrected chi connectivity index (χ0v) is 15.4. The van der Waals surface area contributed by atoms with E-state index in [1.165, 1.54) is 27.7 Å². The maximum atomic E-state index is 11.9. The first kappa shape index (κ1) is 16.5. The number of aryl methyl sites for hydroxylation is 1. The van der Waals surface area contributed by atoms with Crippen LogP contribution in [0.4, 0.5) is 4.79 Å². The van der Waals surface area contributed by atoms with Gasteiger partial charge in [0.2, 0.25) is 0 Å². The van der Waals surface area contributed by atoms with E-state index in [-0.39, 0.29) is 12.1 Å². The van der Waals surface area contributed by atoms with Crippen molar-refractivity contribution in [3.05, 3.63) is 35.0 Å². The summed E-state index contributed by atoms with van der Waals surface area (Å²) >= 11 is 0. The molecule has 2 aromatic rings. The van der Waals surface area contributed by atoms with E-state index in [1.807, 2.05) is 0 Å². The highest BCUT2D eigenvalue weighted by Crippen LogP contribution is 2.44. The molecule has 0 bridgehead atoms. The Kier molecular flexibility index (Phi) is 4.20. The standard InChI is InChI=1S/C20H28N4O/c1-4-8-24-11-13(23-20(25)21-3)9-16-14-6-5-7-17-19(14)15(10-18(16)24)12(2)22-17/h5-7,13,16,18,22H,4,8-11H2,1-3H3,(H2,21,23,25)/t13-,16?,18+/m0/s1. The molecule has 2 amide bonds. The molecule has 134 valence electrons. The molecule has 1 aliphatic heterocycles. The lowest BCUT2D eigenvalue weighted by Crippen LogP contribution is -2.57. The van der Waals surface area contributed by atoms with Crippen molar-refractivity contribution in [3.8, 4) is 0 Å². The number of aromatic amines is 1. The minimum absolute atomic E-state index is 0.0768. The number of carbonyl (C=O) groups excluding carboxylic acids is 1. The van der Waals surface area contributed by atoms with Gasteiger partial charge >= 0.3 is 6.03 Å². The number of rotatable bonds is 3. The smallest absolute Gasteiger partial charge is 0.314 e. The van der Waals surface area contributed by atoms with Gasteiger partial charge in [-0.1, -0.05) is 19.1 Å². The Hall–Kier alpha value is -2.01. The van der Waals surface area contributed by atoms with Crippen LogP contribution in [-0.4, -0.2) is 48.1 Å². The van der Waals surface area contributed by atoms with Gasteiger partial charge in [0.1, 0.15) is 0 Å². The van der Waals surface area contributed by atoms with Crippen LogP contribution in [0.5, 0.6) is 0 Å². The first-order valence-corrected chi connectivity index (χ1v) is 9.44. The predicted molar refractivity (Wildman–Crippen MR) is 101 cm³/mol. The highest BCUT2D eigenvalue weighted by molar-refractivity contribution is 5.89. The fourth-order valence-electron chi connectivity index (χ4n) is 4.97. The van der Waals surface area contributed by atoms with Gasteiger partial charge in [0.05, 0.1) is 0 Å². The third kappa shape index (κ3) is 2.71. The number of hydrogen-bond donors (Lipinski definition) is 3. The molecule has 1 unspecified atom stereocenters. The molecule has 1 saturated heterocycles. The Bertz CT molecular complexity index is 796. The summed E-state index contributed by atoms with van der Waals surface area (Å²) < 4.78 is 0. The number of urea groups is 1. The van der Waals surface area contributed by atoms with Crippen LogP contribution >= 0.6 is 0 Å². The molecule has 25 heavy (non-hydrogen) atoms. The Balaban J connectivity index is 1.74. The van der Waals surface area contributed by atoms with Crippen molar-refractivity contribution in [2.45, 2.75) is 51.1 Å². The van der Waals surface area contributed by atoms with Gasteiger partial charge in [-0.15, -0.1) is 0 Å². The molecule has 3 atom stereocenters. The van der Waals surface area contributed by atoms with Crippen LogP contribution in [0.1, 0.15) is 42.5 Å². The van der Waals surface area contributed by atoms with E-state index in [0.29, 0.717) is 12.0 Å². The first-order chi connectivity index (χ1) is 12.1. The number of nitrogens with zero attached hydrogens (tertiary/aromatic N) is 1. The van der Waals surface area contributed by atoms with Crippen LogP contribution in [-0.2, 0) is 6.42 Å². The largest absolute Gasteiger partial charge is 0.358 e. The van der Waals surface area contributed by atoms with Crippen LogP contribution in [0.15, 0.2) is 18.2 Å². The van der Waals surface area contributed by atoms with E-state index in [4.69, 9.17) is 0 Å². The average molecular weight is 340 g/mol. The van der Waals surface area contributed by atoms with Crippen molar-refractivity contribution >= 4 is 16.9 Å². The molecule has 5 heteroatoms. The lowest BCUT2D eigenvalue weighted by molar-refractivity contribution is 0.101. The quantitative estimate of drug-likeness (QED) is 0.805. The highest BCUT2D eigenvalue weighted by Gasteiger charge is 2.41. The number of likely N-dealkylation sites (tertiary alicyclic amines) is 1. The number of carbonyl (C=O) groups is 1. The van der Waals surface area contributed by atoms with Gasteiger partial charge in [-0.05, 0) is 49.9 Å². The summed E-state index contributed by atoms with van der Waals surface area (Å²) in [6.07, 6.45) is 3.26. The van der Waals surface area contributed by atoms with Gasteiger partial charge in [-0.25, -0.2) is 4.79 Å². The molecule has 5 nitrogen and oxygen atoms in total. The van der Waals surface area contributed by atoms with E-state index in [9.17, 15) is 4.79 Å². The zero-order chi connectivity index (χ0) is 17.6. The van der Waals surface area contributed by atoms with E-state index >= 15 is 0 Å². The molecule has 1 aromatic heterocycles. The number of hydrogen-bond acceptors (Lipinski definition) is 2. The molecular formula is C20H28N4O. The Morgan fingerprint density at radius 2 is 2.24 bits per heavy atom. The van der Waals surface area contributed by atoms with Gasteiger partial charge < -0.3 is 15.6 Å². The van der Waals surface area contributed by atoms with Gasteiger partial charge in [0, 0.05) is 48.2 Å². The maximum Gasteiger partial charge on any atom is 0.314 e. The normalized spacial score (nSPS) is 25.6. The van der Waals surface area contributed by atoms with Crippen LogP contribution < -0.4 is 10.6 Å². The number of nitrogens with one attached hydrogen (secondary N) is 3. The minimum atomic E-state index is -0.0768. The highest BCUT2D eigenvalue weighted by atomic mass is 16.2. The molecular weight excluding hydrogens is 312 g/mol. The number of amides is 2. The molecule has 0 saturated carbocycles. The molecule has 2 heterocycles. The average Bonchev–Trinajstić information content (AvgIpc) is 2.93. The third-order valence-corrected chi connectivity index (χ3v) is 5.99. The predicted octanol–water partition coefficient (Wildman–Crippen LogP) is 2.90. The Morgan fingerprint density at radius 3 is 3.00 bits per heavy atom. The molecule has 1 aliphatic carbocycles. The van der Waals surface area contributed by atoms with Crippen molar-refractivity contribution in [2.24, 2.45) is 0 Å². The minimum Gasteiger partial charge on any atom is -0.358 e. The van der Waals surface area contributed by atoms with Gasteiger partial charge in [-0.2, -0.15) is 0 Å². The van der Waals surface area contributed by atoms with Crippen LogP contribution in [0.25, 0.3) is 10.9 Å². The fourth-order valence-corrected chi connectivity index (χ4v) is 4.97.